The van der Waals surface area contributed by atoms with Gasteiger partial charge in [-0.05, 0) is 30.3 Å². The Bertz CT molecular complexity index is 776. The van der Waals surface area contributed by atoms with Crippen molar-refractivity contribution in [1.29, 1.82) is 0 Å². The molecule has 0 saturated carbocycles. The Morgan fingerprint density at radius 2 is 1.46 bits per heavy atom. The van der Waals surface area contributed by atoms with Crippen molar-refractivity contribution in [3.63, 3.8) is 0 Å². The zero-order valence-corrected chi connectivity index (χ0v) is 14.9. The minimum atomic E-state index is -0.585. The fourth-order valence-corrected chi connectivity index (χ4v) is 2.03. The van der Waals surface area contributed by atoms with Crippen LogP contribution in [0.5, 0.6) is 0 Å². The van der Waals surface area contributed by atoms with Crippen LogP contribution in [0.3, 0.4) is 0 Å². The van der Waals surface area contributed by atoms with Gasteiger partial charge in [0.2, 0.25) is 0 Å². The summed E-state index contributed by atoms with van der Waals surface area (Å²) in [6.07, 6.45) is 1.02. The number of carbonyl (C=O) groups excluding carboxylic acids is 4. The van der Waals surface area contributed by atoms with E-state index in [4.69, 9.17) is 23.2 Å². The topological polar surface area (TPSA) is 86.7 Å². The first-order chi connectivity index (χ1) is 12.5. The highest BCUT2D eigenvalue weighted by Gasteiger charge is 2.09. The van der Waals surface area contributed by atoms with Gasteiger partial charge in [-0.2, -0.15) is 0 Å². The average Bonchev–Trinajstić information content (AvgIpc) is 2.65. The summed E-state index contributed by atoms with van der Waals surface area (Å²) in [5.74, 6) is -1.13. The molecule has 0 radical (unpaired) electrons. The molecule has 0 aliphatic rings. The number of rotatable bonds is 6. The Kier molecular flexibility index (Phi) is 9.67. The van der Waals surface area contributed by atoms with Crippen molar-refractivity contribution in [3.8, 4) is 0 Å². The normalized spacial score (nSPS) is 9.31. The Morgan fingerprint density at radius 3 is 2.04 bits per heavy atom. The van der Waals surface area contributed by atoms with E-state index in [0.717, 1.165) is 0 Å². The predicted octanol–water partition coefficient (Wildman–Crippen LogP) is 3.39. The van der Waals surface area contributed by atoms with E-state index in [2.05, 4.69) is 9.47 Å². The number of carbonyl (C=O) groups is 4. The standard InChI is InChI=1S/2C9H7ClO3/c10-8-3-1-2-7(6-8)9(12)13-5-4-11;10-8-4-2-1-3-7(8)9(12)13-6-5-11/h1-4,6H,5H2;1-5H,6H2. The molecule has 0 aliphatic heterocycles. The molecule has 0 fully saturated rings. The average molecular weight is 397 g/mol. The second-order valence-corrected chi connectivity index (χ2v) is 5.36. The molecule has 0 N–H and O–H groups in total. The highest BCUT2D eigenvalue weighted by Crippen LogP contribution is 2.15. The summed E-state index contributed by atoms with van der Waals surface area (Å²) in [5, 5.41) is 0.777. The number of hydrogen-bond acceptors (Lipinski definition) is 6. The highest BCUT2D eigenvalue weighted by atomic mass is 35.5. The number of esters is 2. The van der Waals surface area contributed by atoms with E-state index >= 15 is 0 Å². The van der Waals surface area contributed by atoms with Gasteiger partial charge in [0.25, 0.3) is 0 Å². The first kappa shape index (κ1) is 21.3. The van der Waals surface area contributed by atoms with E-state index < -0.39 is 11.9 Å². The predicted molar refractivity (Wildman–Crippen MR) is 95.6 cm³/mol. The lowest BCUT2D eigenvalue weighted by molar-refractivity contribution is -0.111. The summed E-state index contributed by atoms with van der Waals surface area (Å²) < 4.78 is 9.13. The molecule has 2 aromatic rings. The zero-order valence-electron chi connectivity index (χ0n) is 13.4. The molecule has 0 atom stereocenters. The van der Waals surface area contributed by atoms with Crippen LogP contribution in [0.1, 0.15) is 20.7 Å². The van der Waals surface area contributed by atoms with E-state index in [9.17, 15) is 19.2 Å². The van der Waals surface area contributed by atoms with Gasteiger partial charge in [-0.15, -0.1) is 0 Å². The number of hydrogen-bond donors (Lipinski definition) is 0. The minimum absolute atomic E-state index is 0.231. The van der Waals surface area contributed by atoms with Crippen LogP contribution in [0.15, 0.2) is 48.5 Å². The molecule has 136 valence electrons. The highest BCUT2D eigenvalue weighted by molar-refractivity contribution is 6.33. The molecule has 26 heavy (non-hydrogen) atoms. The molecule has 8 heteroatoms. The molecular formula is C18H14Cl2O6. The van der Waals surface area contributed by atoms with Gasteiger partial charge < -0.3 is 9.47 Å². The largest absolute Gasteiger partial charge is 0.454 e. The number of ether oxygens (including phenoxy) is 2. The fraction of sp³-hybridized carbons (Fsp3) is 0.111. The maximum atomic E-state index is 11.2. The molecule has 0 aromatic heterocycles. The van der Waals surface area contributed by atoms with Gasteiger partial charge in [-0.1, -0.05) is 41.4 Å². The van der Waals surface area contributed by atoms with Crippen molar-refractivity contribution >= 4 is 47.7 Å². The van der Waals surface area contributed by atoms with Gasteiger partial charge in [0, 0.05) is 5.02 Å². The van der Waals surface area contributed by atoms with Crippen molar-refractivity contribution < 1.29 is 28.7 Å². The van der Waals surface area contributed by atoms with Crippen LogP contribution in [0.25, 0.3) is 0 Å². The smallest absolute Gasteiger partial charge is 0.340 e. The van der Waals surface area contributed by atoms with Gasteiger partial charge in [0.1, 0.15) is 13.2 Å². The SMILES string of the molecule is O=CCOC(=O)c1cccc(Cl)c1.O=CCOC(=O)c1ccccc1Cl. The molecule has 0 bridgehead atoms. The summed E-state index contributed by atoms with van der Waals surface area (Å²) >= 11 is 11.4. The Hall–Kier alpha value is -2.70. The van der Waals surface area contributed by atoms with E-state index in [1.807, 2.05) is 0 Å². The van der Waals surface area contributed by atoms with Crippen LogP contribution in [0.4, 0.5) is 0 Å². The maximum absolute atomic E-state index is 11.2. The monoisotopic (exact) mass is 396 g/mol. The molecule has 0 spiro atoms. The maximum Gasteiger partial charge on any atom is 0.340 e. The Morgan fingerprint density at radius 1 is 0.846 bits per heavy atom. The van der Waals surface area contributed by atoms with E-state index in [0.29, 0.717) is 28.2 Å². The van der Waals surface area contributed by atoms with Crippen molar-refractivity contribution in [2.24, 2.45) is 0 Å². The van der Waals surface area contributed by atoms with Crippen LogP contribution in [0, 0.1) is 0 Å². The van der Waals surface area contributed by atoms with Crippen molar-refractivity contribution in [2.75, 3.05) is 13.2 Å². The quantitative estimate of drug-likeness (QED) is 0.549. The summed E-state index contributed by atoms with van der Waals surface area (Å²) in [4.78, 5) is 42.1. The first-order valence-electron chi connectivity index (χ1n) is 7.21. The molecule has 6 nitrogen and oxygen atoms in total. The molecule has 0 unspecified atom stereocenters. The third-order valence-electron chi connectivity index (χ3n) is 2.72. The molecule has 2 aromatic carbocycles. The van der Waals surface area contributed by atoms with Crippen LogP contribution in [-0.2, 0) is 19.1 Å². The van der Waals surface area contributed by atoms with Crippen molar-refractivity contribution in [3.05, 3.63) is 69.7 Å². The number of aldehydes is 2. The lowest BCUT2D eigenvalue weighted by atomic mass is 10.2. The third kappa shape index (κ3) is 7.46. The lowest BCUT2D eigenvalue weighted by Crippen LogP contribution is -2.07. The summed E-state index contributed by atoms with van der Waals surface area (Å²) in [7, 11) is 0. The van der Waals surface area contributed by atoms with Crippen molar-refractivity contribution in [2.45, 2.75) is 0 Å². The van der Waals surface area contributed by atoms with E-state index in [1.165, 1.54) is 12.1 Å². The number of benzene rings is 2. The van der Waals surface area contributed by atoms with Gasteiger partial charge in [0.15, 0.2) is 12.6 Å². The second-order valence-electron chi connectivity index (χ2n) is 4.52. The van der Waals surface area contributed by atoms with E-state index in [-0.39, 0.29) is 18.8 Å². The van der Waals surface area contributed by atoms with Gasteiger partial charge >= 0.3 is 11.9 Å². The third-order valence-corrected chi connectivity index (χ3v) is 3.28. The molecule has 0 saturated heterocycles. The second kappa shape index (κ2) is 11.8. The summed E-state index contributed by atoms with van der Waals surface area (Å²) in [6, 6.07) is 12.8. The molecule has 0 aliphatic carbocycles. The van der Waals surface area contributed by atoms with Gasteiger partial charge in [-0.3, -0.25) is 9.59 Å². The Labute approximate surface area is 159 Å². The molecule has 0 amide bonds. The van der Waals surface area contributed by atoms with Gasteiger partial charge in [0.05, 0.1) is 16.1 Å². The molecular weight excluding hydrogens is 383 g/mol. The first-order valence-corrected chi connectivity index (χ1v) is 7.96. The Balaban J connectivity index is 0.000000260. The van der Waals surface area contributed by atoms with Gasteiger partial charge in [-0.25, -0.2) is 9.59 Å². The fourth-order valence-electron chi connectivity index (χ4n) is 1.62. The number of halogens is 2. The van der Waals surface area contributed by atoms with Crippen molar-refractivity contribution in [1.82, 2.24) is 0 Å². The summed E-state index contributed by atoms with van der Waals surface area (Å²) in [5.41, 5.74) is 0.611. The van der Waals surface area contributed by atoms with Crippen LogP contribution in [-0.4, -0.2) is 37.7 Å². The molecule has 0 heterocycles. The minimum Gasteiger partial charge on any atom is -0.454 e. The van der Waals surface area contributed by atoms with Crippen LogP contribution in [0.2, 0.25) is 10.0 Å². The lowest BCUT2D eigenvalue weighted by Gasteiger charge is -2.01. The zero-order chi connectivity index (χ0) is 19.4. The van der Waals surface area contributed by atoms with E-state index in [1.54, 1.807) is 36.4 Å². The summed E-state index contributed by atoms with van der Waals surface area (Å²) in [6.45, 7) is -0.477. The van der Waals surface area contributed by atoms with Crippen LogP contribution < -0.4 is 0 Å². The molecule has 2 rings (SSSR count). The van der Waals surface area contributed by atoms with Crippen LogP contribution >= 0.6 is 23.2 Å².